The molecule has 6 atom stereocenters. The van der Waals surface area contributed by atoms with Crippen molar-refractivity contribution in [3.63, 3.8) is 0 Å². The van der Waals surface area contributed by atoms with Crippen LogP contribution in [0.1, 0.15) is 6.42 Å². The van der Waals surface area contributed by atoms with Gasteiger partial charge in [0.05, 0.1) is 39.4 Å². The van der Waals surface area contributed by atoms with E-state index in [4.69, 9.17) is 52.1 Å². The summed E-state index contributed by atoms with van der Waals surface area (Å²) in [6, 6.07) is 23.2. The van der Waals surface area contributed by atoms with Crippen LogP contribution in [-0.2, 0) is 66.5 Å². The number of rotatable bonds is 30. The highest BCUT2D eigenvalue weighted by molar-refractivity contribution is 5.79. The van der Waals surface area contributed by atoms with Crippen LogP contribution >= 0.6 is 0 Å². The number of methoxy groups -OCH3 is 3. The van der Waals surface area contributed by atoms with Crippen molar-refractivity contribution in [2.45, 2.75) is 36.9 Å². The first-order chi connectivity index (χ1) is 32.6. The summed E-state index contributed by atoms with van der Waals surface area (Å²) < 4.78 is 57.9. The molecule has 0 saturated carbocycles. The minimum Gasteiger partial charge on any atom is -0.465 e. The second kappa shape index (κ2) is 25.2. The van der Waals surface area contributed by atoms with E-state index < -0.39 is 49.0 Å². The lowest BCUT2D eigenvalue weighted by Gasteiger charge is -2.32. The summed E-state index contributed by atoms with van der Waals surface area (Å²) in [5.74, 6) is -0.138. The lowest BCUT2D eigenvalue weighted by Crippen LogP contribution is -2.41. The molecule has 3 aliphatic heterocycles. The number of carbonyl (C=O) groups is 6. The fourth-order valence-electron chi connectivity index (χ4n) is 7.96. The predicted molar refractivity (Wildman–Crippen MR) is 238 cm³/mol. The average molecular weight is 937 g/mol. The van der Waals surface area contributed by atoms with E-state index in [9.17, 15) is 28.8 Å². The lowest BCUT2D eigenvalue weighted by atomic mass is 10.1. The summed E-state index contributed by atoms with van der Waals surface area (Å²) in [4.78, 5) is 77.5. The maximum absolute atomic E-state index is 11.9. The topological polar surface area (TPSA) is 217 Å². The number of aldehydes is 1. The molecule has 0 radical (unpaired) electrons. The van der Waals surface area contributed by atoms with Crippen LogP contribution in [-0.4, -0.2) is 168 Å². The van der Waals surface area contributed by atoms with Crippen molar-refractivity contribution in [3.05, 3.63) is 72.8 Å². The van der Waals surface area contributed by atoms with Gasteiger partial charge in [-0.15, -0.1) is 0 Å². The van der Waals surface area contributed by atoms with Gasteiger partial charge in [0.15, 0.2) is 18.3 Å². The first-order valence-corrected chi connectivity index (χ1v) is 21.6. The number of anilines is 6. The van der Waals surface area contributed by atoms with Crippen LogP contribution in [0, 0.1) is 5.92 Å². The second-order valence-corrected chi connectivity index (χ2v) is 15.8. The lowest BCUT2D eigenvalue weighted by molar-refractivity contribution is -0.135. The molecule has 21 heteroatoms. The molecule has 0 N–H and O–H groups in total. The number of benzene rings is 3. The molecule has 0 spiro atoms. The van der Waals surface area contributed by atoms with Crippen LogP contribution in [0.3, 0.4) is 0 Å². The summed E-state index contributed by atoms with van der Waals surface area (Å²) in [7, 11) is 4.60. The Morgan fingerprint density at radius 2 is 0.940 bits per heavy atom. The standard InChI is InChI=1S/C46H56N4O17/c1-57-24-32(16-17-51)18-47(21-41-27-61-44(54)65-41)33-4-10-36(11-5-33)50(37-12-6-34(7-13-37)48(19-39(59-3)26-60-30-52)22-42-28-62-45(55)66-42)38-14-8-35(9-15-38)49(20-40(25-58-2)64-31-53)23-43-29-63-46(56)67-43/h4-15,17,30-32,39-43H,16,18-29H2,1-3H3. The first kappa shape index (κ1) is 49.6. The molecule has 0 bridgehead atoms. The van der Waals surface area contributed by atoms with Gasteiger partial charge in [-0.05, 0) is 72.8 Å². The average Bonchev–Trinajstić information content (AvgIpc) is 4.07. The summed E-state index contributed by atoms with van der Waals surface area (Å²) >= 11 is 0. The Bertz CT molecular complexity index is 1960. The van der Waals surface area contributed by atoms with Crippen LogP contribution < -0.4 is 19.6 Å². The quantitative estimate of drug-likeness (QED) is 0.0514. The molecule has 0 amide bonds. The molecule has 362 valence electrons. The van der Waals surface area contributed by atoms with E-state index in [1.165, 1.54) is 14.2 Å². The highest BCUT2D eigenvalue weighted by Gasteiger charge is 2.32. The van der Waals surface area contributed by atoms with Crippen LogP contribution in [0.4, 0.5) is 48.5 Å². The van der Waals surface area contributed by atoms with Crippen LogP contribution in [0.25, 0.3) is 0 Å². The third kappa shape index (κ3) is 14.3. The molecule has 3 aromatic rings. The van der Waals surface area contributed by atoms with E-state index >= 15 is 0 Å². The highest BCUT2D eigenvalue weighted by Crippen LogP contribution is 2.38. The normalized spacial score (nSPS) is 18.7. The summed E-state index contributed by atoms with van der Waals surface area (Å²) in [5, 5.41) is 0. The minimum absolute atomic E-state index is 0.00457. The molecule has 0 aromatic heterocycles. The minimum atomic E-state index is -0.759. The van der Waals surface area contributed by atoms with E-state index in [0.29, 0.717) is 32.6 Å². The zero-order valence-electron chi connectivity index (χ0n) is 37.5. The Balaban J connectivity index is 1.36. The van der Waals surface area contributed by atoms with E-state index in [0.717, 1.165) is 40.4 Å². The Morgan fingerprint density at radius 1 is 0.537 bits per heavy atom. The largest absolute Gasteiger partial charge is 0.508 e. The summed E-state index contributed by atoms with van der Waals surface area (Å²) in [5.41, 5.74) is 4.58. The van der Waals surface area contributed by atoms with Crippen molar-refractivity contribution < 1.29 is 80.9 Å². The SMILES string of the molecule is COCC(CC=O)CN(CC1COC(=O)O1)c1ccc(N(c2ccc(N(CC(COC=O)OC)CC3COC(=O)O3)cc2)c2ccc(N(CC(COC)OC=O)CC3COC(=O)O3)cc2)cc1. The van der Waals surface area contributed by atoms with Crippen LogP contribution in [0.5, 0.6) is 0 Å². The number of carbonyl (C=O) groups excluding carboxylic acids is 6. The van der Waals surface area contributed by atoms with Gasteiger partial charge in [0, 0.05) is 80.9 Å². The van der Waals surface area contributed by atoms with Crippen molar-refractivity contribution in [1.29, 1.82) is 0 Å². The van der Waals surface area contributed by atoms with Gasteiger partial charge in [-0.1, -0.05) is 0 Å². The Kier molecular flexibility index (Phi) is 18.6. The van der Waals surface area contributed by atoms with E-state index in [1.54, 1.807) is 7.11 Å². The molecule has 6 unspecified atom stereocenters. The molecule has 3 aliphatic rings. The third-order valence-corrected chi connectivity index (χ3v) is 11.1. The molecular formula is C46H56N4O17. The zero-order chi connectivity index (χ0) is 47.5. The fraction of sp³-hybridized carbons (Fsp3) is 0.478. The summed E-state index contributed by atoms with van der Waals surface area (Å²) in [6.45, 7) is 3.22. The van der Waals surface area contributed by atoms with Gasteiger partial charge in [0.25, 0.3) is 12.9 Å². The van der Waals surface area contributed by atoms with E-state index in [-0.39, 0.29) is 71.6 Å². The molecule has 3 heterocycles. The molecule has 3 saturated heterocycles. The first-order valence-electron chi connectivity index (χ1n) is 21.6. The van der Waals surface area contributed by atoms with Crippen molar-refractivity contribution in [2.75, 3.05) is 120 Å². The summed E-state index contributed by atoms with van der Waals surface area (Å²) in [6.07, 6.45) is -3.89. The van der Waals surface area contributed by atoms with Gasteiger partial charge in [-0.2, -0.15) is 0 Å². The molecule has 6 rings (SSSR count). The van der Waals surface area contributed by atoms with Crippen molar-refractivity contribution >= 4 is 71.8 Å². The number of nitrogens with zero attached hydrogens (tertiary/aromatic N) is 4. The molecule has 67 heavy (non-hydrogen) atoms. The van der Waals surface area contributed by atoms with E-state index in [2.05, 4.69) is 0 Å². The molecule has 21 nitrogen and oxygen atoms in total. The van der Waals surface area contributed by atoms with Crippen molar-refractivity contribution in [1.82, 2.24) is 0 Å². The molecule has 3 aromatic carbocycles. The zero-order valence-corrected chi connectivity index (χ0v) is 37.5. The number of hydrogen-bond donors (Lipinski definition) is 0. The monoisotopic (exact) mass is 936 g/mol. The van der Waals surface area contributed by atoms with Crippen molar-refractivity contribution in [2.24, 2.45) is 5.92 Å². The fourth-order valence-corrected chi connectivity index (χ4v) is 7.96. The molecule has 3 fully saturated rings. The number of cyclic esters (lactones) is 6. The Morgan fingerprint density at radius 3 is 1.28 bits per heavy atom. The van der Waals surface area contributed by atoms with Gasteiger partial charge >= 0.3 is 18.5 Å². The highest BCUT2D eigenvalue weighted by atomic mass is 16.8. The molecular weight excluding hydrogens is 881 g/mol. The Labute approximate surface area is 387 Å². The van der Waals surface area contributed by atoms with Gasteiger partial charge < -0.3 is 76.5 Å². The van der Waals surface area contributed by atoms with Gasteiger partial charge in [-0.25, -0.2) is 14.4 Å². The number of hydrogen-bond acceptors (Lipinski definition) is 21. The smallest absolute Gasteiger partial charge is 0.465 e. The predicted octanol–water partition coefficient (Wildman–Crippen LogP) is 4.41. The maximum Gasteiger partial charge on any atom is 0.508 e. The Hall–Kier alpha value is -6.84. The van der Waals surface area contributed by atoms with Gasteiger partial charge in [0.2, 0.25) is 0 Å². The van der Waals surface area contributed by atoms with Crippen molar-refractivity contribution in [3.8, 4) is 0 Å². The van der Waals surface area contributed by atoms with Crippen LogP contribution in [0.2, 0.25) is 0 Å². The van der Waals surface area contributed by atoms with E-state index in [1.807, 2.05) is 92.4 Å². The second-order valence-electron chi connectivity index (χ2n) is 15.8. The maximum atomic E-state index is 11.9. The van der Waals surface area contributed by atoms with Gasteiger partial charge in [0.1, 0.15) is 44.9 Å². The van der Waals surface area contributed by atoms with Crippen LogP contribution in [0.15, 0.2) is 72.8 Å². The molecule has 0 aliphatic carbocycles. The number of ether oxygens (including phenoxy) is 11. The van der Waals surface area contributed by atoms with Gasteiger partial charge in [-0.3, -0.25) is 9.59 Å². The third-order valence-electron chi connectivity index (χ3n) is 11.1.